The van der Waals surface area contributed by atoms with Gasteiger partial charge in [-0.15, -0.1) is 0 Å². The summed E-state index contributed by atoms with van der Waals surface area (Å²) in [5.74, 6) is 2.33. The van der Waals surface area contributed by atoms with E-state index in [0.29, 0.717) is 0 Å². The van der Waals surface area contributed by atoms with Gasteiger partial charge in [0.05, 0.1) is 27.4 Å². The second-order valence-electron chi connectivity index (χ2n) is 11.3. The Kier molecular flexibility index (Phi) is 7.00. The number of ether oxygens (including phenoxy) is 3. The van der Waals surface area contributed by atoms with E-state index in [4.69, 9.17) is 14.2 Å². The van der Waals surface area contributed by atoms with Gasteiger partial charge in [0, 0.05) is 13.1 Å². The molecule has 0 N–H and O–H groups in total. The van der Waals surface area contributed by atoms with Crippen LogP contribution in [0.4, 0.5) is 0 Å². The number of benzene rings is 5. The summed E-state index contributed by atoms with van der Waals surface area (Å²) in [4.78, 5) is 2.59. The molecule has 0 radical (unpaired) electrons. The van der Waals surface area contributed by atoms with Gasteiger partial charge >= 0.3 is 0 Å². The number of aryl methyl sites for hydroxylation is 1. The van der Waals surface area contributed by atoms with Crippen molar-refractivity contribution in [2.45, 2.75) is 26.1 Å². The minimum atomic E-state index is -0.0213. The van der Waals surface area contributed by atoms with Gasteiger partial charge in [-0.2, -0.15) is 0 Å². The average molecular weight is 566 g/mol. The van der Waals surface area contributed by atoms with Crippen LogP contribution in [0.5, 0.6) is 17.2 Å². The topological polar surface area (TPSA) is 30.9 Å². The molecule has 1 atom stereocenters. The Balaban J connectivity index is 1.57. The van der Waals surface area contributed by atoms with Crippen LogP contribution in [0.3, 0.4) is 0 Å². The summed E-state index contributed by atoms with van der Waals surface area (Å²) in [6.45, 7) is 3.73. The molecule has 214 valence electrons. The third kappa shape index (κ3) is 4.68. The van der Waals surface area contributed by atoms with Gasteiger partial charge in [0.1, 0.15) is 5.75 Å². The van der Waals surface area contributed by atoms with Crippen LogP contribution < -0.4 is 14.2 Å². The van der Waals surface area contributed by atoms with Crippen molar-refractivity contribution in [3.8, 4) is 28.4 Å². The van der Waals surface area contributed by atoms with E-state index in [1.165, 1.54) is 61.2 Å². The monoisotopic (exact) mass is 565 g/mol. The molecule has 0 aromatic heterocycles. The lowest BCUT2D eigenvalue weighted by Gasteiger charge is -2.41. The quantitative estimate of drug-likeness (QED) is 0.202. The molecule has 2 aliphatic rings. The zero-order valence-electron chi connectivity index (χ0n) is 25.1. The van der Waals surface area contributed by atoms with E-state index in [0.717, 1.165) is 30.3 Å². The van der Waals surface area contributed by atoms with Crippen LogP contribution in [0.15, 0.2) is 109 Å². The van der Waals surface area contributed by atoms with Crippen LogP contribution in [0.2, 0.25) is 0 Å². The van der Waals surface area contributed by atoms with E-state index >= 15 is 0 Å². The minimum absolute atomic E-state index is 0.0213. The molecule has 1 unspecified atom stereocenters. The third-order valence-electron chi connectivity index (χ3n) is 8.77. The number of nitrogens with zero attached hydrogens (tertiary/aromatic N) is 1. The lowest BCUT2D eigenvalue weighted by atomic mass is 9.79. The van der Waals surface area contributed by atoms with Crippen molar-refractivity contribution in [2.24, 2.45) is 0 Å². The minimum Gasteiger partial charge on any atom is -0.497 e. The molecular weight excluding hydrogens is 530 g/mol. The standard InChI is InChI=1S/C39H35NO3/c1-25-14-19-32-34(20-25)30-12-8-9-13-31(30)37(32)38-33-22-36(43-4)35(42-3)21-28(33)24-40(23-26-10-6-5-7-11-26)39(38)27-15-17-29(41-2)18-16-27/h5-22,39H,23-24H2,1-4H3/b38-37-. The third-order valence-corrected chi connectivity index (χ3v) is 8.77. The van der Waals surface area contributed by atoms with Gasteiger partial charge in [-0.3, -0.25) is 4.90 Å². The second kappa shape index (κ2) is 11.1. The number of fused-ring (bicyclic) bond motifs is 4. The van der Waals surface area contributed by atoms with Gasteiger partial charge in [-0.25, -0.2) is 0 Å². The predicted molar refractivity (Wildman–Crippen MR) is 174 cm³/mol. The van der Waals surface area contributed by atoms with Crippen molar-refractivity contribution in [2.75, 3.05) is 21.3 Å². The van der Waals surface area contributed by atoms with Gasteiger partial charge in [-0.1, -0.05) is 90.5 Å². The fraction of sp³-hybridized carbons (Fsp3) is 0.179. The molecule has 0 bridgehead atoms. The van der Waals surface area contributed by atoms with E-state index in [1.807, 2.05) is 0 Å². The summed E-state index contributed by atoms with van der Waals surface area (Å²) in [7, 11) is 5.14. The molecule has 5 aromatic carbocycles. The lowest BCUT2D eigenvalue weighted by molar-refractivity contribution is 0.210. The Morgan fingerprint density at radius 1 is 0.628 bits per heavy atom. The summed E-state index contributed by atoms with van der Waals surface area (Å²) in [5, 5.41) is 0. The summed E-state index contributed by atoms with van der Waals surface area (Å²) in [6, 6.07) is 39.3. The van der Waals surface area contributed by atoms with Crippen molar-refractivity contribution >= 4 is 11.1 Å². The van der Waals surface area contributed by atoms with E-state index in [-0.39, 0.29) is 6.04 Å². The number of hydrogen-bond acceptors (Lipinski definition) is 4. The maximum absolute atomic E-state index is 5.88. The molecule has 4 heteroatoms. The molecule has 1 heterocycles. The van der Waals surface area contributed by atoms with Gasteiger partial charge in [0.15, 0.2) is 11.5 Å². The molecule has 1 aliphatic heterocycles. The molecule has 0 saturated heterocycles. The summed E-state index contributed by atoms with van der Waals surface area (Å²) < 4.78 is 17.3. The SMILES string of the molecule is COc1ccc(C2/C(=C3/c4ccccc4-c4cc(C)ccc43)c3cc(OC)c(OC)cc3CN2Cc2ccccc2)cc1. The van der Waals surface area contributed by atoms with Crippen LogP contribution in [-0.4, -0.2) is 26.2 Å². The highest BCUT2D eigenvalue weighted by Gasteiger charge is 2.38. The molecular formula is C39H35NO3. The van der Waals surface area contributed by atoms with Crippen LogP contribution in [-0.2, 0) is 13.1 Å². The molecule has 7 rings (SSSR count). The predicted octanol–water partition coefficient (Wildman–Crippen LogP) is 8.72. The maximum Gasteiger partial charge on any atom is 0.161 e. The molecule has 43 heavy (non-hydrogen) atoms. The highest BCUT2D eigenvalue weighted by molar-refractivity contribution is 6.12. The lowest BCUT2D eigenvalue weighted by Crippen LogP contribution is -2.33. The normalized spacial score (nSPS) is 17.2. The van der Waals surface area contributed by atoms with Crippen molar-refractivity contribution in [3.63, 3.8) is 0 Å². The first kappa shape index (κ1) is 27.1. The number of hydrogen-bond donors (Lipinski definition) is 0. The Hall–Kier alpha value is -4.80. The highest BCUT2D eigenvalue weighted by atomic mass is 16.5. The molecule has 0 fully saturated rings. The fourth-order valence-corrected chi connectivity index (χ4v) is 6.81. The van der Waals surface area contributed by atoms with Crippen LogP contribution in [0.25, 0.3) is 22.3 Å². The van der Waals surface area contributed by atoms with E-state index < -0.39 is 0 Å². The molecule has 4 nitrogen and oxygen atoms in total. The molecule has 1 aliphatic carbocycles. The number of methoxy groups -OCH3 is 3. The summed E-state index contributed by atoms with van der Waals surface area (Å²) in [5.41, 5.74) is 13.8. The fourth-order valence-electron chi connectivity index (χ4n) is 6.81. The molecule has 0 saturated carbocycles. The van der Waals surface area contributed by atoms with Crippen LogP contribution in [0, 0.1) is 6.92 Å². The Bertz CT molecular complexity index is 1840. The maximum atomic E-state index is 5.88. The Morgan fingerprint density at radius 2 is 1.30 bits per heavy atom. The largest absolute Gasteiger partial charge is 0.497 e. The first-order valence-corrected chi connectivity index (χ1v) is 14.7. The van der Waals surface area contributed by atoms with Crippen molar-refractivity contribution in [1.29, 1.82) is 0 Å². The van der Waals surface area contributed by atoms with Crippen molar-refractivity contribution < 1.29 is 14.2 Å². The summed E-state index contributed by atoms with van der Waals surface area (Å²) in [6.07, 6.45) is 0. The second-order valence-corrected chi connectivity index (χ2v) is 11.3. The summed E-state index contributed by atoms with van der Waals surface area (Å²) >= 11 is 0. The van der Waals surface area contributed by atoms with Gasteiger partial charge in [-0.05, 0) is 86.8 Å². The first-order chi connectivity index (χ1) is 21.1. The zero-order chi connectivity index (χ0) is 29.5. The van der Waals surface area contributed by atoms with Gasteiger partial charge in [0.25, 0.3) is 0 Å². The molecule has 0 spiro atoms. The van der Waals surface area contributed by atoms with E-state index in [2.05, 4.69) is 121 Å². The Morgan fingerprint density at radius 3 is 2.02 bits per heavy atom. The van der Waals surface area contributed by atoms with Crippen LogP contribution in [0.1, 0.15) is 45.0 Å². The first-order valence-electron chi connectivity index (χ1n) is 14.7. The smallest absolute Gasteiger partial charge is 0.161 e. The van der Waals surface area contributed by atoms with Crippen LogP contribution >= 0.6 is 0 Å². The van der Waals surface area contributed by atoms with Crippen molar-refractivity contribution in [3.05, 3.63) is 148 Å². The number of rotatable bonds is 6. The van der Waals surface area contributed by atoms with E-state index in [1.54, 1.807) is 21.3 Å². The molecule has 5 aromatic rings. The van der Waals surface area contributed by atoms with Gasteiger partial charge in [0.2, 0.25) is 0 Å². The average Bonchev–Trinajstić information content (AvgIpc) is 3.37. The highest BCUT2D eigenvalue weighted by Crippen LogP contribution is 2.55. The Labute approximate surface area is 253 Å². The van der Waals surface area contributed by atoms with E-state index in [9.17, 15) is 0 Å². The zero-order valence-corrected chi connectivity index (χ0v) is 25.1. The van der Waals surface area contributed by atoms with Crippen molar-refractivity contribution in [1.82, 2.24) is 4.90 Å². The van der Waals surface area contributed by atoms with Gasteiger partial charge < -0.3 is 14.2 Å². The molecule has 0 amide bonds.